The Morgan fingerprint density at radius 2 is 2.16 bits per heavy atom. The van der Waals surface area contributed by atoms with Gasteiger partial charge in [0.1, 0.15) is 0 Å². The van der Waals surface area contributed by atoms with E-state index in [1.165, 1.54) is 6.42 Å². The van der Waals surface area contributed by atoms with Crippen LogP contribution in [-0.2, 0) is 4.79 Å². The van der Waals surface area contributed by atoms with Gasteiger partial charge in [-0.25, -0.2) is 0 Å². The SMILES string of the molecule is CC1(C)CCCCC1C(=O)Nc1ccc(N)c(Br)c1. The number of benzene rings is 1. The minimum absolute atomic E-state index is 0.0906. The first-order chi connectivity index (χ1) is 8.90. The second-order valence-electron chi connectivity index (χ2n) is 6.01. The van der Waals surface area contributed by atoms with Gasteiger partial charge in [0.05, 0.1) is 0 Å². The van der Waals surface area contributed by atoms with Crippen LogP contribution in [0.2, 0.25) is 0 Å². The number of carbonyl (C=O) groups is 1. The molecule has 0 aromatic heterocycles. The Hall–Kier alpha value is -1.03. The highest BCUT2D eigenvalue weighted by atomic mass is 79.9. The second kappa shape index (κ2) is 5.53. The molecule has 0 spiro atoms. The molecule has 1 aromatic carbocycles. The van der Waals surface area contributed by atoms with Crippen molar-refractivity contribution in [1.29, 1.82) is 0 Å². The zero-order valence-electron chi connectivity index (χ0n) is 11.5. The van der Waals surface area contributed by atoms with Gasteiger partial charge in [-0.3, -0.25) is 4.79 Å². The monoisotopic (exact) mass is 324 g/mol. The number of nitrogens with two attached hydrogens (primary N) is 1. The first-order valence-electron chi connectivity index (χ1n) is 6.76. The first-order valence-corrected chi connectivity index (χ1v) is 7.55. The maximum atomic E-state index is 12.4. The second-order valence-corrected chi connectivity index (χ2v) is 6.87. The maximum absolute atomic E-state index is 12.4. The third-order valence-electron chi connectivity index (χ3n) is 4.09. The van der Waals surface area contributed by atoms with Gasteiger partial charge in [-0.15, -0.1) is 0 Å². The van der Waals surface area contributed by atoms with E-state index in [1.807, 2.05) is 12.1 Å². The van der Waals surface area contributed by atoms with E-state index in [4.69, 9.17) is 5.73 Å². The summed E-state index contributed by atoms with van der Waals surface area (Å²) in [5.74, 6) is 0.221. The molecule has 0 radical (unpaired) electrons. The van der Waals surface area contributed by atoms with Gasteiger partial charge in [0, 0.05) is 21.8 Å². The lowest BCUT2D eigenvalue weighted by atomic mass is 9.68. The number of halogens is 1. The maximum Gasteiger partial charge on any atom is 0.228 e. The van der Waals surface area contributed by atoms with Crippen molar-refractivity contribution < 1.29 is 4.79 Å². The fraction of sp³-hybridized carbons (Fsp3) is 0.533. The lowest BCUT2D eigenvalue weighted by Gasteiger charge is -2.37. The number of carbonyl (C=O) groups excluding carboxylic acids is 1. The molecule has 1 unspecified atom stereocenters. The lowest BCUT2D eigenvalue weighted by molar-refractivity contribution is -0.124. The Morgan fingerprint density at radius 3 is 2.79 bits per heavy atom. The Bertz CT molecular complexity index is 485. The number of rotatable bonds is 2. The summed E-state index contributed by atoms with van der Waals surface area (Å²) in [6.45, 7) is 4.38. The van der Waals surface area contributed by atoms with Crippen LogP contribution in [-0.4, -0.2) is 5.91 Å². The number of amides is 1. The van der Waals surface area contributed by atoms with Gasteiger partial charge in [0.2, 0.25) is 5.91 Å². The fourth-order valence-corrected chi connectivity index (χ4v) is 3.19. The highest BCUT2D eigenvalue weighted by Crippen LogP contribution is 2.41. The highest BCUT2D eigenvalue weighted by molar-refractivity contribution is 9.10. The van der Waals surface area contributed by atoms with Crippen molar-refractivity contribution in [2.24, 2.45) is 11.3 Å². The molecule has 1 aliphatic rings. The molecule has 0 heterocycles. The van der Waals surface area contributed by atoms with Gasteiger partial charge >= 0.3 is 0 Å². The Kier molecular flexibility index (Phi) is 4.19. The first kappa shape index (κ1) is 14.4. The molecule has 0 aliphatic heterocycles. The smallest absolute Gasteiger partial charge is 0.228 e. The summed E-state index contributed by atoms with van der Waals surface area (Å²) in [6, 6.07) is 5.49. The van der Waals surface area contributed by atoms with Crippen molar-refractivity contribution in [3.05, 3.63) is 22.7 Å². The van der Waals surface area contributed by atoms with Crippen LogP contribution in [0, 0.1) is 11.3 Å². The van der Waals surface area contributed by atoms with Crippen LogP contribution in [0.4, 0.5) is 11.4 Å². The van der Waals surface area contributed by atoms with E-state index in [0.717, 1.165) is 29.4 Å². The zero-order valence-corrected chi connectivity index (χ0v) is 13.1. The zero-order chi connectivity index (χ0) is 14.0. The molecule has 1 aromatic rings. The molecule has 3 nitrogen and oxygen atoms in total. The quantitative estimate of drug-likeness (QED) is 0.801. The molecule has 2 rings (SSSR count). The number of nitrogen functional groups attached to an aromatic ring is 1. The van der Waals surface area contributed by atoms with Gasteiger partial charge in [-0.2, -0.15) is 0 Å². The molecule has 1 atom stereocenters. The Morgan fingerprint density at radius 1 is 1.42 bits per heavy atom. The summed E-state index contributed by atoms with van der Waals surface area (Å²) < 4.78 is 0.813. The van der Waals surface area contributed by atoms with Gasteiger partial charge in [0.25, 0.3) is 0 Å². The Balaban J connectivity index is 2.09. The van der Waals surface area contributed by atoms with Gasteiger partial charge in [-0.1, -0.05) is 26.7 Å². The van der Waals surface area contributed by atoms with Crippen molar-refractivity contribution in [2.75, 3.05) is 11.1 Å². The molecule has 1 aliphatic carbocycles. The normalized spacial score (nSPS) is 21.9. The highest BCUT2D eigenvalue weighted by Gasteiger charge is 2.37. The Labute approximate surface area is 123 Å². The van der Waals surface area contributed by atoms with E-state index < -0.39 is 0 Å². The van der Waals surface area contributed by atoms with Crippen molar-refractivity contribution in [2.45, 2.75) is 39.5 Å². The molecule has 4 heteroatoms. The largest absolute Gasteiger partial charge is 0.398 e. The molecule has 19 heavy (non-hydrogen) atoms. The van der Waals surface area contributed by atoms with E-state index in [-0.39, 0.29) is 17.2 Å². The fourth-order valence-electron chi connectivity index (χ4n) is 2.81. The van der Waals surface area contributed by atoms with E-state index >= 15 is 0 Å². The summed E-state index contributed by atoms with van der Waals surface area (Å²) in [6.07, 6.45) is 4.47. The van der Waals surface area contributed by atoms with Crippen molar-refractivity contribution in [3.63, 3.8) is 0 Å². The van der Waals surface area contributed by atoms with Crippen LogP contribution in [0.3, 0.4) is 0 Å². The minimum atomic E-state index is 0.0906. The van der Waals surface area contributed by atoms with Crippen molar-refractivity contribution >= 4 is 33.2 Å². The van der Waals surface area contributed by atoms with Gasteiger partial charge in [0.15, 0.2) is 0 Å². The number of anilines is 2. The van der Waals surface area contributed by atoms with Crippen molar-refractivity contribution in [1.82, 2.24) is 0 Å². The van der Waals surface area contributed by atoms with Crippen LogP contribution in [0.1, 0.15) is 39.5 Å². The molecule has 104 valence electrons. The van der Waals surface area contributed by atoms with Crippen LogP contribution in [0.15, 0.2) is 22.7 Å². The predicted octanol–water partition coefficient (Wildman–Crippen LogP) is 4.19. The molecular weight excluding hydrogens is 304 g/mol. The molecule has 1 saturated carbocycles. The average molecular weight is 325 g/mol. The van der Waals surface area contributed by atoms with Crippen molar-refractivity contribution in [3.8, 4) is 0 Å². The summed E-state index contributed by atoms with van der Waals surface area (Å²) in [4.78, 5) is 12.4. The van der Waals surface area contributed by atoms with Gasteiger partial charge in [-0.05, 0) is 52.4 Å². The van der Waals surface area contributed by atoms with Crippen LogP contribution < -0.4 is 11.1 Å². The predicted molar refractivity (Wildman–Crippen MR) is 82.9 cm³/mol. The standard InChI is InChI=1S/C15H21BrN2O/c1-15(2)8-4-3-5-11(15)14(19)18-10-6-7-13(17)12(16)9-10/h6-7,9,11H,3-5,8,17H2,1-2H3,(H,18,19). The van der Waals surface area contributed by atoms with Gasteiger partial charge < -0.3 is 11.1 Å². The number of hydrogen-bond acceptors (Lipinski definition) is 2. The van der Waals surface area contributed by atoms with E-state index in [0.29, 0.717) is 5.69 Å². The topological polar surface area (TPSA) is 55.1 Å². The van der Waals surface area contributed by atoms with E-state index in [9.17, 15) is 4.79 Å². The molecule has 0 saturated heterocycles. The minimum Gasteiger partial charge on any atom is -0.398 e. The van der Waals surface area contributed by atoms with Crippen LogP contribution >= 0.6 is 15.9 Å². The molecule has 1 amide bonds. The van der Waals surface area contributed by atoms with Crippen LogP contribution in [0.5, 0.6) is 0 Å². The molecule has 0 bridgehead atoms. The van der Waals surface area contributed by atoms with Crippen LogP contribution in [0.25, 0.3) is 0 Å². The summed E-state index contributed by atoms with van der Waals surface area (Å²) in [7, 11) is 0. The average Bonchev–Trinajstić information content (AvgIpc) is 2.33. The molecule has 3 N–H and O–H groups in total. The summed E-state index contributed by atoms with van der Waals surface area (Å²) >= 11 is 3.38. The lowest BCUT2D eigenvalue weighted by Crippen LogP contribution is -2.37. The van der Waals surface area contributed by atoms with E-state index in [1.54, 1.807) is 6.07 Å². The molecular formula is C15H21BrN2O. The molecule has 1 fully saturated rings. The van der Waals surface area contributed by atoms with E-state index in [2.05, 4.69) is 35.1 Å². The number of hydrogen-bond donors (Lipinski definition) is 2. The summed E-state index contributed by atoms with van der Waals surface area (Å²) in [5.41, 5.74) is 7.31. The number of nitrogens with one attached hydrogen (secondary N) is 1. The summed E-state index contributed by atoms with van der Waals surface area (Å²) in [5, 5.41) is 3.01. The third kappa shape index (κ3) is 3.30. The third-order valence-corrected chi connectivity index (χ3v) is 4.78.